The van der Waals surface area contributed by atoms with Crippen LogP contribution in [0.1, 0.15) is 30.2 Å². The highest BCUT2D eigenvalue weighted by Gasteiger charge is 2.32. The van der Waals surface area contributed by atoms with Gasteiger partial charge in [0.25, 0.3) is 0 Å². The van der Waals surface area contributed by atoms with Crippen molar-refractivity contribution in [1.29, 1.82) is 0 Å². The quantitative estimate of drug-likeness (QED) is 0.776. The summed E-state index contributed by atoms with van der Waals surface area (Å²) in [5, 5.41) is 1.83. The highest BCUT2D eigenvalue weighted by atomic mass is 35.5. The normalized spacial score (nSPS) is 19.0. The van der Waals surface area contributed by atoms with Crippen LogP contribution in [0, 0.1) is 0 Å². The molecule has 0 saturated carbocycles. The highest BCUT2D eigenvalue weighted by molar-refractivity contribution is 6.40. The van der Waals surface area contributed by atoms with Gasteiger partial charge in [-0.2, -0.15) is 13.2 Å². The fourth-order valence-electron chi connectivity index (χ4n) is 2.76. The minimum Gasteiger partial charge on any atom is -0.372 e. The Kier molecular flexibility index (Phi) is 3.84. The Morgan fingerprint density at radius 1 is 1.24 bits per heavy atom. The Labute approximate surface area is 129 Å². The van der Waals surface area contributed by atoms with Crippen LogP contribution in [0.15, 0.2) is 12.1 Å². The predicted molar refractivity (Wildman–Crippen MR) is 76.0 cm³/mol. The van der Waals surface area contributed by atoms with Gasteiger partial charge in [0.15, 0.2) is 0 Å². The molecule has 0 bridgehead atoms. The van der Waals surface area contributed by atoms with E-state index in [4.69, 9.17) is 27.9 Å². The van der Waals surface area contributed by atoms with Crippen molar-refractivity contribution in [2.45, 2.75) is 31.5 Å². The third kappa shape index (κ3) is 2.87. The third-order valence-corrected chi connectivity index (χ3v) is 4.30. The van der Waals surface area contributed by atoms with Crippen LogP contribution in [0.3, 0.4) is 0 Å². The number of hydrogen-bond acceptors (Lipinski definition) is 1. The van der Waals surface area contributed by atoms with E-state index in [1.807, 2.05) is 0 Å². The summed E-state index contributed by atoms with van der Waals surface area (Å²) in [7, 11) is 0. The van der Waals surface area contributed by atoms with Crippen LogP contribution in [-0.2, 0) is 11.2 Å². The maximum absolute atomic E-state index is 12.4. The number of aromatic nitrogens is 1. The van der Waals surface area contributed by atoms with Gasteiger partial charge in [-0.3, -0.25) is 0 Å². The van der Waals surface area contributed by atoms with Crippen molar-refractivity contribution in [3.8, 4) is 0 Å². The average molecular weight is 338 g/mol. The van der Waals surface area contributed by atoms with E-state index in [1.165, 1.54) is 0 Å². The average Bonchev–Trinajstić information content (AvgIpc) is 2.81. The standard InChI is InChI=1S/C14H12Cl2F3NO/c15-8-1-2-9(16)13-11(8)7-4-6-21-10(12(7)20-13)3-5-14(17,18)19/h1-2,10,20H,3-6H2. The molecule has 1 N–H and O–H groups in total. The highest BCUT2D eigenvalue weighted by Crippen LogP contribution is 2.41. The molecule has 114 valence electrons. The number of alkyl halides is 3. The van der Waals surface area contributed by atoms with Crippen molar-refractivity contribution in [3.63, 3.8) is 0 Å². The van der Waals surface area contributed by atoms with Gasteiger partial charge in [-0.15, -0.1) is 0 Å². The largest absolute Gasteiger partial charge is 0.389 e. The number of fused-ring (bicyclic) bond motifs is 3. The maximum atomic E-state index is 12.4. The summed E-state index contributed by atoms with van der Waals surface area (Å²) in [6, 6.07) is 3.36. The van der Waals surface area contributed by atoms with E-state index in [9.17, 15) is 13.2 Å². The zero-order valence-corrected chi connectivity index (χ0v) is 12.4. The SMILES string of the molecule is FC(F)(F)CCC1OCCc2c1[nH]c1c(Cl)ccc(Cl)c21. The summed E-state index contributed by atoms with van der Waals surface area (Å²) >= 11 is 12.3. The number of H-pyrrole nitrogens is 1. The molecule has 0 radical (unpaired) electrons. The lowest BCUT2D eigenvalue weighted by Gasteiger charge is -2.24. The van der Waals surface area contributed by atoms with Crippen LogP contribution in [0.25, 0.3) is 10.9 Å². The number of hydrogen-bond donors (Lipinski definition) is 1. The van der Waals surface area contributed by atoms with Gasteiger partial charge in [0.05, 0.1) is 28.3 Å². The first-order valence-corrected chi connectivity index (χ1v) is 7.29. The Hall–Kier alpha value is -0.910. The van der Waals surface area contributed by atoms with Crippen LogP contribution in [-0.4, -0.2) is 17.8 Å². The molecule has 1 aromatic heterocycles. The number of benzene rings is 1. The molecular formula is C14H12Cl2F3NO. The van der Waals surface area contributed by atoms with Crippen molar-refractivity contribution in [2.24, 2.45) is 0 Å². The Morgan fingerprint density at radius 3 is 2.67 bits per heavy atom. The Morgan fingerprint density at radius 2 is 1.95 bits per heavy atom. The second kappa shape index (κ2) is 5.38. The second-order valence-corrected chi connectivity index (χ2v) is 5.87. The lowest BCUT2D eigenvalue weighted by atomic mass is 9.99. The minimum absolute atomic E-state index is 0.113. The zero-order chi connectivity index (χ0) is 15.2. The van der Waals surface area contributed by atoms with Crippen LogP contribution in [0.2, 0.25) is 10.0 Å². The number of nitrogens with one attached hydrogen (secondary N) is 1. The van der Waals surface area contributed by atoms with E-state index in [2.05, 4.69) is 4.98 Å². The van der Waals surface area contributed by atoms with Gasteiger partial charge in [-0.05, 0) is 30.5 Å². The molecular weight excluding hydrogens is 326 g/mol. The van der Waals surface area contributed by atoms with E-state index in [1.54, 1.807) is 12.1 Å². The topological polar surface area (TPSA) is 25.0 Å². The maximum Gasteiger partial charge on any atom is 0.389 e. The molecule has 1 atom stereocenters. The molecule has 0 aliphatic carbocycles. The molecule has 1 aliphatic rings. The summed E-state index contributed by atoms with van der Waals surface area (Å²) in [4.78, 5) is 3.10. The Bertz CT molecular complexity index is 681. The molecule has 7 heteroatoms. The van der Waals surface area contributed by atoms with E-state index in [-0.39, 0.29) is 6.42 Å². The van der Waals surface area contributed by atoms with Crippen molar-refractivity contribution in [3.05, 3.63) is 33.4 Å². The van der Waals surface area contributed by atoms with Gasteiger partial charge >= 0.3 is 6.18 Å². The number of aromatic amines is 1. The van der Waals surface area contributed by atoms with E-state index >= 15 is 0 Å². The molecule has 2 aromatic rings. The lowest BCUT2D eigenvalue weighted by molar-refractivity contribution is -0.142. The summed E-state index contributed by atoms with van der Waals surface area (Å²) in [6.07, 6.45) is -5.18. The van der Waals surface area contributed by atoms with Gasteiger partial charge in [-0.1, -0.05) is 23.2 Å². The number of ether oxygens (including phenoxy) is 1. The molecule has 3 rings (SSSR count). The summed E-state index contributed by atoms with van der Waals surface area (Å²) < 4.78 is 42.7. The lowest BCUT2D eigenvalue weighted by Crippen LogP contribution is -2.18. The van der Waals surface area contributed by atoms with E-state index < -0.39 is 18.7 Å². The Balaban J connectivity index is 2.02. The summed E-state index contributed by atoms with van der Waals surface area (Å²) in [5.41, 5.74) is 2.24. The first kappa shape index (κ1) is 15.0. The van der Waals surface area contributed by atoms with Crippen molar-refractivity contribution in [2.75, 3.05) is 6.61 Å². The van der Waals surface area contributed by atoms with Crippen molar-refractivity contribution in [1.82, 2.24) is 4.98 Å². The van der Waals surface area contributed by atoms with Crippen LogP contribution in [0.5, 0.6) is 0 Å². The molecule has 2 nitrogen and oxygen atoms in total. The second-order valence-electron chi connectivity index (χ2n) is 5.06. The number of halogens is 5. The molecule has 0 fully saturated rings. The summed E-state index contributed by atoms with van der Waals surface area (Å²) in [6.45, 7) is 0.380. The third-order valence-electron chi connectivity index (χ3n) is 3.67. The van der Waals surface area contributed by atoms with Crippen LogP contribution in [0.4, 0.5) is 13.2 Å². The molecule has 1 unspecified atom stereocenters. The van der Waals surface area contributed by atoms with Crippen molar-refractivity contribution < 1.29 is 17.9 Å². The first-order chi connectivity index (χ1) is 9.87. The molecule has 0 saturated heterocycles. The number of rotatable bonds is 2. The van der Waals surface area contributed by atoms with Gasteiger partial charge in [-0.25, -0.2) is 0 Å². The van der Waals surface area contributed by atoms with Crippen LogP contribution < -0.4 is 0 Å². The predicted octanol–water partition coefficient (Wildman–Crippen LogP) is 5.43. The van der Waals surface area contributed by atoms with E-state index in [0.29, 0.717) is 34.3 Å². The summed E-state index contributed by atoms with van der Waals surface area (Å²) in [5.74, 6) is 0. The fourth-order valence-corrected chi connectivity index (χ4v) is 3.23. The van der Waals surface area contributed by atoms with Gasteiger partial charge in [0, 0.05) is 17.5 Å². The minimum atomic E-state index is -4.19. The van der Waals surface area contributed by atoms with Gasteiger partial charge < -0.3 is 9.72 Å². The van der Waals surface area contributed by atoms with Gasteiger partial charge in [0.1, 0.15) is 0 Å². The molecule has 2 heterocycles. The molecule has 0 amide bonds. The monoisotopic (exact) mass is 337 g/mol. The molecule has 0 spiro atoms. The molecule has 1 aliphatic heterocycles. The smallest absolute Gasteiger partial charge is 0.372 e. The zero-order valence-electron chi connectivity index (χ0n) is 10.9. The van der Waals surface area contributed by atoms with Crippen LogP contribution >= 0.6 is 23.2 Å². The van der Waals surface area contributed by atoms with E-state index in [0.717, 1.165) is 10.9 Å². The first-order valence-electron chi connectivity index (χ1n) is 6.53. The molecule has 21 heavy (non-hydrogen) atoms. The molecule has 1 aromatic carbocycles. The van der Waals surface area contributed by atoms with Crippen molar-refractivity contribution >= 4 is 34.1 Å². The van der Waals surface area contributed by atoms with Gasteiger partial charge in [0.2, 0.25) is 0 Å². The fraction of sp³-hybridized carbons (Fsp3) is 0.429.